The molecule has 1 aromatic rings. The Morgan fingerprint density at radius 3 is 2.19 bits per heavy atom. The Morgan fingerprint density at radius 1 is 1.31 bits per heavy atom. The summed E-state index contributed by atoms with van der Waals surface area (Å²) in [5, 5.41) is 10.9. The van der Waals surface area contributed by atoms with Crippen LogP contribution in [0.5, 0.6) is 0 Å². The van der Waals surface area contributed by atoms with Crippen LogP contribution in [-0.2, 0) is 19.5 Å². The first-order valence-electron chi connectivity index (χ1n) is 5.35. The normalized spacial score (nSPS) is 11.9. The van der Waals surface area contributed by atoms with Crippen molar-refractivity contribution in [1.82, 2.24) is 0 Å². The van der Waals surface area contributed by atoms with Crippen molar-refractivity contribution in [3.63, 3.8) is 0 Å². The maximum Gasteiger partial charge on any atom is 0.000923 e. The Morgan fingerprint density at radius 2 is 1.81 bits per heavy atom. The molecule has 0 amide bonds. The van der Waals surface area contributed by atoms with Crippen molar-refractivity contribution in [3.8, 4) is 0 Å². The summed E-state index contributed by atoms with van der Waals surface area (Å²) in [4.78, 5) is 0. The van der Waals surface area contributed by atoms with E-state index >= 15 is 0 Å². The SMILES string of the molecule is CCC(/C=C(/C)[O-])c1ccccc1.[CH2]C.[Zn]. The van der Waals surface area contributed by atoms with Crippen molar-refractivity contribution in [2.45, 2.75) is 33.1 Å². The predicted molar refractivity (Wildman–Crippen MR) is 64.3 cm³/mol. The topological polar surface area (TPSA) is 23.1 Å². The molecular weight excluding hydrogens is 250 g/mol. The van der Waals surface area contributed by atoms with E-state index in [9.17, 15) is 5.11 Å². The summed E-state index contributed by atoms with van der Waals surface area (Å²) in [7, 11) is 0. The van der Waals surface area contributed by atoms with E-state index in [0.29, 0.717) is 0 Å². The summed E-state index contributed by atoms with van der Waals surface area (Å²) in [5.41, 5.74) is 1.22. The monoisotopic (exact) mass is 268 g/mol. The second-order valence-corrected chi connectivity index (χ2v) is 3.20. The molecule has 0 bridgehead atoms. The summed E-state index contributed by atoms with van der Waals surface area (Å²) >= 11 is 0. The van der Waals surface area contributed by atoms with E-state index in [1.54, 1.807) is 19.9 Å². The second kappa shape index (κ2) is 10.9. The van der Waals surface area contributed by atoms with Gasteiger partial charge in [-0.3, -0.25) is 0 Å². The number of allylic oxidation sites excluding steroid dienone is 2. The maximum atomic E-state index is 10.9. The van der Waals surface area contributed by atoms with Crippen molar-refractivity contribution < 1.29 is 24.6 Å². The van der Waals surface area contributed by atoms with Gasteiger partial charge in [0.1, 0.15) is 0 Å². The molecule has 0 aromatic heterocycles. The van der Waals surface area contributed by atoms with Gasteiger partial charge in [0.05, 0.1) is 0 Å². The third-order valence-electron chi connectivity index (χ3n) is 2.10. The Hall–Kier alpha value is -0.617. The van der Waals surface area contributed by atoms with Gasteiger partial charge < -0.3 is 5.11 Å². The van der Waals surface area contributed by atoms with Gasteiger partial charge in [0.15, 0.2) is 0 Å². The van der Waals surface area contributed by atoms with E-state index in [1.165, 1.54) is 5.56 Å². The van der Waals surface area contributed by atoms with E-state index < -0.39 is 0 Å². The Bertz CT molecular complexity index is 276. The van der Waals surface area contributed by atoms with Crippen molar-refractivity contribution in [1.29, 1.82) is 0 Å². The molecule has 0 spiro atoms. The number of benzene rings is 1. The maximum absolute atomic E-state index is 10.9. The molecule has 0 aliphatic heterocycles. The van der Waals surface area contributed by atoms with Crippen LogP contribution in [0.2, 0.25) is 0 Å². The fourth-order valence-corrected chi connectivity index (χ4v) is 1.43. The minimum Gasteiger partial charge on any atom is -0.876 e. The average Bonchev–Trinajstić information content (AvgIpc) is 2.29. The molecule has 85 valence electrons. The van der Waals surface area contributed by atoms with Crippen LogP contribution in [-0.4, -0.2) is 0 Å². The molecule has 16 heavy (non-hydrogen) atoms. The number of hydrogen-bond acceptors (Lipinski definition) is 1. The van der Waals surface area contributed by atoms with E-state index in [0.717, 1.165) is 6.42 Å². The molecule has 0 fully saturated rings. The van der Waals surface area contributed by atoms with Crippen molar-refractivity contribution in [2.24, 2.45) is 0 Å². The van der Waals surface area contributed by atoms with Crippen LogP contribution >= 0.6 is 0 Å². The van der Waals surface area contributed by atoms with Gasteiger partial charge in [-0.2, -0.15) is 0 Å². The van der Waals surface area contributed by atoms with Crippen LogP contribution in [0.1, 0.15) is 38.7 Å². The molecule has 0 saturated carbocycles. The van der Waals surface area contributed by atoms with Crippen LogP contribution in [0.4, 0.5) is 0 Å². The van der Waals surface area contributed by atoms with Crippen LogP contribution in [0.15, 0.2) is 42.2 Å². The Labute approximate surface area is 112 Å². The van der Waals surface area contributed by atoms with E-state index in [4.69, 9.17) is 0 Å². The largest absolute Gasteiger partial charge is 0.876 e. The zero-order chi connectivity index (χ0) is 11.7. The minimum absolute atomic E-state index is 0. The van der Waals surface area contributed by atoms with Gasteiger partial charge in [0, 0.05) is 25.4 Å². The van der Waals surface area contributed by atoms with Crippen LogP contribution in [0.25, 0.3) is 0 Å². The van der Waals surface area contributed by atoms with Gasteiger partial charge in [-0.05, 0) is 12.0 Å². The Balaban J connectivity index is 0. The molecule has 1 nitrogen and oxygen atoms in total. The van der Waals surface area contributed by atoms with Gasteiger partial charge >= 0.3 is 0 Å². The van der Waals surface area contributed by atoms with Crippen LogP contribution in [0.3, 0.4) is 0 Å². The molecule has 1 unspecified atom stereocenters. The van der Waals surface area contributed by atoms with Crippen molar-refractivity contribution in [2.75, 3.05) is 0 Å². The number of rotatable bonds is 3. The molecule has 1 radical (unpaired) electrons. The summed E-state index contributed by atoms with van der Waals surface area (Å²) in [6, 6.07) is 10.1. The standard InChI is InChI=1S/C12H16O.C2H5.Zn/c1-3-11(9-10(2)13)12-7-5-4-6-8-12;1-2;/h4-9,11,13H,3H2,1-2H3;1H2,2H3;/p-1/b10-9-;;. The summed E-state index contributed by atoms with van der Waals surface area (Å²) in [6.07, 6.45) is 2.76. The molecule has 0 N–H and O–H groups in total. The predicted octanol–water partition coefficient (Wildman–Crippen LogP) is 3.28. The summed E-state index contributed by atoms with van der Waals surface area (Å²) in [6.45, 7) is 8.70. The second-order valence-electron chi connectivity index (χ2n) is 3.20. The third-order valence-corrected chi connectivity index (χ3v) is 2.10. The molecule has 0 aliphatic rings. The van der Waals surface area contributed by atoms with E-state index in [1.807, 2.05) is 18.2 Å². The zero-order valence-electron chi connectivity index (χ0n) is 10.6. The molecular formula is C14H20OZn-. The van der Waals surface area contributed by atoms with E-state index in [-0.39, 0.29) is 31.2 Å². The van der Waals surface area contributed by atoms with Gasteiger partial charge in [0.25, 0.3) is 0 Å². The smallest absolute Gasteiger partial charge is 0.000923 e. The molecule has 1 atom stereocenters. The first-order chi connectivity index (χ1) is 7.24. The fourth-order valence-electron chi connectivity index (χ4n) is 1.43. The molecule has 1 rings (SSSR count). The van der Waals surface area contributed by atoms with Crippen LogP contribution in [0, 0.1) is 6.92 Å². The van der Waals surface area contributed by atoms with Gasteiger partial charge in [-0.1, -0.05) is 64.1 Å². The van der Waals surface area contributed by atoms with Crippen molar-refractivity contribution in [3.05, 3.63) is 54.7 Å². The molecule has 0 heterocycles. The summed E-state index contributed by atoms with van der Waals surface area (Å²) in [5.74, 6) is 0.425. The van der Waals surface area contributed by atoms with Gasteiger partial charge in [0.2, 0.25) is 0 Å². The fraction of sp³-hybridized carbons (Fsp3) is 0.357. The third kappa shape index (κ3) is 6.79. The molecule has 2 heteroatoms. The van der Waals surface area contributed by atoms with Crippen LogP contribution < -0.4 is 5.11 Å². The molecule has 0 aliphatic carbocycles. The molecule has 1 aromatic carbocycles. The summed E-state index contributed by atoms with van der Waals surface area (Å²) < 4.78 is 0. The minimum atomic E-state index is 0. The average molecular weight is 270 g/mol. The van der Waals surface area contributed by atoms with Crippen molar-refractivity contribution >= 4 is 0 Å². The zero-order valence-corrected chi connectivity index (χ0v) is 13.5. The van der Waals surface area contributed by atoms with Gasteiger partial charge in [-0.25, -0.2) is 0 Å². The van der Waals surface area contributed by atoms with Gasteiger partial charge in [-0.15, -0.1) is 5.76 Å². The quantitative estimate of drug-likeness (QED) is 0.610. The first-order valence-corrected chi connectivity index (χ1v) is 5.35. The number of hydrogen-bond donors (Lipinski definition) is 0. The first kappa shape index (κ1) is 17.8. The Kier molecular flexibility index (Phi) is 12.1. The molecule has 0 saturated heterocycles. The van der Waals surface area contributed by atoms with E-state index in [2.05, 4.69) is 26.0 Å².